The van der Waals surface area contributed by atoms with Gasteiger partial charge in [0.15, 0.2) is 0 Å². The van der Waals surface area contributed by atoms with Crippen LogP contribution in [-0.4, -0.2) is 6.10 Å². The SMILES string of the molecule is CCC(CC)Oc1cc(Cl)ccc1C#N. The van der Waals surface area contributed by atoms with E-state index in [1.54, 1.807) is 18.2 Å². The summed E-state index contributed by atoms with van der Waals surface area (Å²) < 4.78 is 5.71. The van der Waals surface area contributed by atoms with Gasteiger partial charge in [-0.05, 0) is 25.0 Å². The molecule has 0 N–H and O–H groups in total. The molecule has 2 nitrogen and oxygen atoms in total. The molecule has 1 rings (SSSR count). The normalized spacial score (nSPS) is 10.1. The van der Waals surface area contributed by atoms with Gasteiger partial charge in [0.2, 0.25) is 0 Å². The molecule has 80 valence electrons. The van der Waals surface area contributed by atoms with Crippen LogP contribution in [-0.2, 0) is 0 Å². The minimum absolute atomic E-state index is 0.149. The van der Waals surface area contributed by atoms with Crippen molar-refractivity contribution in [2.45, 2.75) is 32.8 Å². The summed E-state index contributed by atoms with van der Waals surface area (Å²) in [4.78, 5) is 0. The Kier molecular flexibility index (Phi) is 4.45. The molecule has 0 saturated heterocycles. The lowest BCUT2D eigenvalue weighted by molar-refractivity contribution is 0.192. The first-order valence-corrected chi connectivity index (χ1v) is 5.45. The number of nitriles is 1. The average Bonchev–Trinajstić information content (AvgIpc) is 2.26. The lowest BCUT2D eigenvalue weighted by atomic mass is 10.2. The van der Waals surface area contributed by atoms with Crippen LogP contribution in [0, 0.1) is 11.3 Å². The minimum Gasteiger partial charge on any atom is -0.489 e. The van der Waals surface area contributed by atoms with Gasteiger partial charge in [0, 0.05) is 11.1 Å². The zero-order chi connectivity index (χ0) is 11.3. The van der Waals surface area contributed by atoms with E-state index in [1.165, 1.54) is 0 Å². The maximum Gasteiger partial charge on any atom is 0.138 e. The highest BCUT2D eigenvalue weighted by molar-refractivity contribution is 6.30. The zero-order valence-electron chi connectivity index (χ0n) is 8.96. The number of benzene rings is 1. The molecule has 0 bridgehead atoms. The first kappa shape index (κ1) is 11.9. The molecule has 0 amide bonds. The van der Waals surface area contributed by atoms with Gasteiger partial charge in [0.1, 0.15) is 11.8 Å². The lowest BCUT2D eigenvalue weighted by Gasteiger charge is -2.16. The van der Waals surface area contributed by atoms with Gasteiger partial charge in [0.05, 0.1) is 11.7 Å². The van der Waals surface area contributed by atoms with E-state index < -0.39 is 0 Å². The highest BCUT2D eigenvalue weighted by Gasteiger charge is 2.09. The Balaban J connectivity index is 2.92. The second-order valence-corrected chi connectivity index (χ2v) is 3.75. The zero-order valence-corrected chi connectivity index (χ0v) is 9.71. The number of hydrogen-bond donors (Lipinski definition) is 0. The van der Waals surface area contributed by atoms with Gasteiger partial charge in [-0.2, -0.15) is 5.26 Å². The second-order valence-electron chi connectivity index (χ2n) is 3.31. The fraction of sp³-hybridized carbons (Fsp3) is 0.417. The van der Waals surface area contributed by atoms with Gasteiger partial charge in [-0.1, -0.05) is 25.4 Å². The summed E-state index contributed by atoms with van der Waals surface area (Å²) in [5, 5.41) is 9.49. The van der Waals surface area contributed by atoms with Gasteiger partial charge in [-0.25, -0.2) is 0 Å². The van der Waals surface area contributed by atoms with E-state index in [4.69, 9.17) is 21.6 Å². The number of nitrogens with zero attached hydrogens (tertiary/aromatic N) is 1. The maximum atomic E-state index is 8.89. The molecule has 0 aromatic heterocycles. The van der Waals surface area contributed by atoms with Crippen LogP contribution in [0.2, 0.25) is 5.02 Å². The van der Waals surface area contributed by atoms with Crippen LogP contribution in [0.3, 0.4) is 0 Å². The van der Waals surface area contributed by atoms with Gasteiger partial charge >= 0.3 is 0 Å². The van der Waals surface area contributed by atoms with E-state index in [9.17, 15) is 0 Å². The Hall–Kier alpha value is -1.20. The summed E-state index contributed by atoms with van der Waals surface area (Å²) in [6.07, 6.45) is 2.00. The predicted molar refractivity (Wildman–Crippen MR) is 61.2 cm³/mol. The van der Waals surface area contributed by atoms with E-state index in [0.29, 0.717) is 16.3 Å². The minimum atomic E-state index is 0.149. The maximum absolute atomic E-state index is 8.89. The molecule has 1 aromatic rings. The Morgan fingerprint density at radius 1 is 1.40 bits per heavy atom. The van der Waals surface area contributed by atoms with Crippen molar-refractivity contribution >= 4 is 11.6 Å². The van der Waals surface area contributed by atoms with Crippen LogP contribution >= 0.6 is 11.6 Å². The van der Waals surface area contributed by atoms with Crippen LogP contribution in [0.25, 0.3) is 0 Å². The van der Waals surface area contributed by atoms with Crippen molar-refractivity contribution in [1.82, 2.24) is 0 Å². The highest BCUT2D eigenvalue weighted by Crippen LogP contribution is 2.24. The number of ether oxygens (including phenoxy) is 1. The summed E-state index contributed by atoms with van der Waals surface area (Å²) in [7, 11) is 0. The lowest BCUT2D eigenvalue weighted by Crippen LogP contribution is -2.14. The number of rotatable bonds is 4. The fourth-order valence-electron chi connectivity index (χ4n) is 1.32. The van der Waals surface area contributed by atoms with Crippen LogP contribution in [0.5, 0.6) is 5.75 Å². The summed E-state index contributed by atoms with van der Waals surface area (Å²) >= 11 is 5.85. The van der Waals surface area contributed by atoms with Crippen LogP contribution in [0.15, 0.2) is 18.2 Å². The standard InChI is InChI=1S/C12H14ClNO/c1-3-11(4-2)15-12-7-10(13)6-5-9(12)8-14/h5-7,11H,3-4H2,1-2H3. The van der Waals surface area contributed by atoms with Crippen LogP contribution in [0.4, 0.5) is 0 Å². The van der Waals surface area contributed by atoms with Crippen molar-refractivity contribution in [3.63, 3.8) is 0 Å². The Morgan fingerprint density at radius 2 is 2.07 bits per heavy atom. The molecule has 0 fully saturated rings. The fourth-order valence-corrected chi connectivity index (χ4v) is 1.48. The summed E-state index contributed by atoms with van der Waals surface area (Å²) in [6, 6.07) is 7.16. The molecule has 0 aliphatic carbocycles. The summed E-state index contributed by atoms with van der Waals surface area (Å²) in [6.45, 7) is 4.12. The molecule has 0 aliphatic rings. The molecule has 0 aliphatic heterocycles. The van der Waals surface area contributed by atoms with Gasteiger partial charge in [0.25, 0.3) is 0 Å². The largest absolute Gasteiger partial charge is 0.489 e. The number of hydrogen-bond acceptors (Lipinski definition) is 2. The molecule has 0 radical (unpaired) electrons. The third kappa shape index (κ3) is 3.14. The monoisotopic (exact) mass is 223 g/mol. The van der Waals surface area contributed by atoms with Crippen molar-refractivity contribution in [2.24, 2.45) is 0 Å². The van der Waals surface area contributed by atoms with Gasteiger partial charge in [-0.15, -0.1) is 0 Å². The van der Waals surface area contributed by atoms with Crippen molar-refractivity contribution in [3.05, 3.63) is 28.8 Å². The van der Waals surface area contributed by atoms with Gasteiger partial charge < -0.3 is 4.74 Å². The molecule has 1 aromatic carbocycles. The van der Waals surface area contributed by atoms with Crippen LogP contribution < -0.4 is 4.74 Å². The summed E-state index contributed by atoms with van der Waals surface area (Å²) in [5.41, 5.74) is 0.534. The molecule has 0 heterocycles. The van der Waals surface area contributed by atoms with Crippen molar-refractivity contribution in [2.75, 3.05) is 0 Å². The molecule has 0 atom stereocenters. The smallest absolute Gasteiger partial charge is 0.138 e. The molecular formula is C12H14ClNO. The molecule has 0 spiro atoms. The quantitative estimate of drug-likeness (QED) is 0.778. The van der Waals surface area contributed by atoms with E-state index >= 15 is 0 Å². The Bertz CT molecular complexity index is 366. The topological polar surface area (TPSA) is 33.0 Å². The molecule has 0 unspecified atom stereocenters. The van der Waals surface area contributed by atoms with Crippen molar-refractivity contribution in [3.8, 4) is 11.8 Å². The van der Waals surface area contributed by atoms with E-state index in [-0.39, 0.29) is 6.10 Å². The molecule has 0 saturated carbocycles. The van der Waals surface area contributed by atoms with Crippen molar-refractivity contribution < 1.29 is 4.74 Å². The Labute approximate surface area is 95.4 Å². The third-order valence-electron chi connectivity index (χ3n) is 2.27. The Morgan fingerprint density at radius 3 is 2.60 bits per heavy atom. The average molecular weight is 224 g/mol. The third-order valence-corrected chi connectivity index (χ3v) is 2.50. The summed E-state index contributed by atoms with van der Waals surface area (Å²) in [5.74, 6) is 0.582. The van der Waals surface area contributed by atoms with E-state index in [2.05, 4.69) is 19.9 Å². The highest BCUT2D eigenvalue weighted by atomic mass is 35.5. The molecule has 15 heavy (non-hydrogen) atoms. The first-order chi connectivity index (χ1) is 7.21. The van der Waals surface area contributed by atoms with Crippen LogP contribution in [0.1, 0.15) is 32.3 Å². The first-order valence-electron chi connectivity index (χ1n) is 5.07. The van der Waals surface area contributed by atoms with E-state index in [0.717, 1.165) is 12.8 Å². The van der Waals surface area contributed by atoms with Crippen molar-refractivity contribution in [1.29, 1.82) is 5.26 Å². The van der Waals surface area contributed by atoms with Gasteiger partial charge in [-0.3, -0.25) is 0 Å². The van der Waals surface area contributed by atoms with E-state index in [1.807, 2.05) is 0 Å². The predicted octanol–water partition coefficient (Wildman–Crippen LogP) is 3.78. The second kappa shape index (κ2) is 5.63. The number of halogens is 1. The molecular weight excluding hydrogens is 210 g/mol. The molecule has 3 heteroatoms.